The molecule has 0 aliphatic carbocycles. The van der Waals surface area contributed by atoms with Crippen molar-refractivity contribution in [3.8, 4) is 11.4 Å². The molecule has 4 aromatic rings. The number of benzene rings is 1. The molecule has 0 saturated heterocycles. The van der Waals surface area contributed by atoms with Crippen LogP contribution in [0.4, 0.5) is 5.69 Å². The Labute approximate surface area is 157 Å². The lowest BCUT2D eigenvalue weighted by atomic mass is 9.94. The van der Waals surface area contributed by atoms with Gasteiger partial charge in [-0.05, 0) is 31.5 Å². The van der Waals surface area contributed by atoms with E-state index in [0.717, 1.165) is 27.8 Å². The fourth-order valence-corrected chi connectivity index (χ4v) is 4.46. The molecule has 8 nitrogen and oxygen atoms in total. The summed E-state index contributed by atoms with van der Waals surface area (Å²) in [7, 11) is 0. The summed E-state index contributed by atoms with van der Waals surface area (Å²) in [5.41, 5.74) is 2.52. The van der Waals surface area contributed by atoms with Gasteiger partial charge in [0.15, 0.2) is 11.5 Å². The lowest BCUT2D eigenvalue weighted by Gasteiger charge is -2.30. The van der Waals surface area contributed by atoms with Crippen molar-refractivity contribution in [2.24, 2.45) is 0 Å². The number of nitrogens with zero attached hydrogens (tertiary/aromatic N) is 5. The van der Waals surface area contributed by atoms with Crippen LogP contribution >= 0.6 is 11.3 Å². The summed E-state index contributed by atoms with van der Waals surface area (Å²) in [6.07, 6.45) is 2.46. The van der Waals surface area contributed by atoms with E-state index in [1.54, 1.807) is 34.3 Å². The van der Waals surface area contributed by atoms with Gasteiger partial charge in [-0.1, -0.05) is 0 Å². The maximum atomic E-state index is 10.8. The molecule has 136 valence electrons. The third-order valence-electron chi connectivity index (χ3n) is 4.74. The van der Waals surface area contributed by atoms with Gasteiger partial charge in [-0.15, -0.1) is 16.4 Å². The highest BCUT2D eigenvalue weighted by molar-refractivity contribution is 7.19. The first kappa shape index (κ1) is 16.3. The Morgan fingerprint density at radius 2 is 2.07 bits per heavy atom. The molecule has 1 aromatic carbocycles. The van der Waals surface area contributed by atoms with E-state index >= 15 is 0 Å². The molecular formula is C18H15N5O3S. The van der Waals surface area contributed by atoms with Crippen molar-refractivity contribution < 1.29 is 9.66 Å². The number of non-ortho nitro benzene ring substituents is 1. The normalized spacial score (nSPS) is 15.9. The molecule has 0 bridgehead atoms. The van der Waals surface area contributed by atoms with E-state index < -0.39 is 4.92 Å². The Kier molecular flexibility index (Phi) is 3.34. The molecule has 0 unspecified atom stereocenters. The number of aromatic nitrogens is 4. The monoisotopic (exact) mass is 381 g/mol. The number of hydrogen-bond acceptors (Lipinski definition) is 7. The molecule has 1 aliphatic heterocycles. The molecular weight excluding hydrogens is 366 g/mol. The Bertz CT molecular complexity index is 1210. The molecule has 0 amide bonds. The summed E-state index contributed by atoms with van der Waals surface area (Å²) in [4.78, 5) is 21.8. The number of nitro groups is 1. The molecule has 0 radical (unpaired) electrons. The quantitative estimate of drug-likeness (QED) is 0.387. The predicted molar refractivity (Wildman–Crippen MR) is 101 cm³/mol. The molecule has 5 rings (SSSR count). The summed E-state index contributed by atoms with van der Waals surface area (Å²) in [6.45, 7) is 4.75. The van der Waals surface area contributed by atoms with E-state index in [4.69, 9.17) is 9.72 Å². The van der Waals surface area contributed by atoms with Crippen molar-refractivity contribution in [3.63, 3.8) is 0 Å². The average Bonchev–Trinajstić information content (AvgIpc) is 3.21. The first-order valence-corrected chi connectivity index (χ1v) is 9.27. The molecule has 1 aliphatic rings. The largest absolute Gasteiger partial charge is 0.370 e. The first-order valence-electron chi connectivity index (χ1n) is 8.46. The van der Waals surface area contributed by atoms with Crippen molar-refractivity contribution in [2.45, 2.75) is 32.5 Å². The van der Waals surface area contributed by atoms with Crippen molar-refractivity contribution in [2.75, 3.05) is 0 Å². The van der Waals surface area contributed by atoms with Crippen molar-refractivity contribution in [1.29, 1.82) is 0 Å². The Morgan fingerprint density at radius 1 is 1.30 bits per heavy atom. The van der Waals surface area contributed by atoms with E-state index in [9.17, 15) is 10.1 Å². The van der Waals surface area contributed by atoms with Crippen LogP contribution in [0.15, 0.2) is 30.6 Å². The summed E-state index contributed by atoms with van der Waals surface area (Å²) < 4.78 is 7.60. The maximum Gasteiger partial charge on any atom is 0.269 e. The van der Waals surface area contributed by atoms with Gasteiger partial charge in [0.05, 0.1) is 22.5 Å². The van der Waals surface area contributed by atoms with E-state index in [-0.39, 0.29) is 11.3 Å². The van der Waals surface area contributed by atoms with Crippen LogP contribution < -0.4 is 0 Å². The van der Waals surface area contributed by atoms with Gasteiger partial charge in [0.1, 0.15) is 11.2 Å². The summed E-state index contributed by atoms with van der Waals surface area (Å²) >= 11 is 1.63. The number of ether oxygens (including phenoxy) is 1. The van der Waals surface area contributed by atoms with Gasteiger partial charge >= 0.3 is 0 Å². The van der Waals surface area contributed by atoms with E-state index in [1.165, 1.54) is 22.6 Å². The summed E-state index contributed by atoms with van der Waals surface area (Å²) in [6, 6.07) is 6.25. The third kappa shape index (κ3) is 2.58. The highest BCUT2D eigenvalue weighted by Gasteiger charge is 2.30. The number of fused-ring (bicyclic) bond motifs is 5. The van der Waals surface area contributed by atoms with E-state index in [1.807, 2.05) is 0 Å². The zero-order chi connectivity index (χ0) is 18.8. The molecule has 0 fully saturated rings. The van der Waals surface area contributed by atoms with Gasteiger partial charge in [-0.3, -0.25) is 10.1 Å². The topological polar surface area (TPSA) is 95.5 Å². The molecule has 27 heavy (non-hydrogen) atoms. The zero-order valence-corrected chi connectivity index (χ0v) is 15.5. The Hall–Kier alpha value is -2.91. The summed E-state index contributed by atoms with van der Waals surface area (Å²) in [5.74, 6) is 0.519. The van der Waals surface area contributed by atoms with Crippen molar-refractivity contribution >= 4 is 32.9 Å². The minimum atomic E-state index is -0.421. The molecule has 0 atom stereocenters. The number of thiophene rings is 1. The third-order valence-corrected chi connectivity index (χ3v) is 5.86. The fourth-order valence-electron chi connectivity index (χ4n) is 3.40. The van der Waals surface area contributed by atoms with Gasteiger partial charge < -0.3 is 4.74 Å². The van der Waals surface area contributed by atoms with Crippen LogP contribution in [0.5, 0.6) is 0 Å². The van der Waals surface area contributed by atoms with Crippen LogP contribution in [0.1, 0.15) is 24.3 Å². The smallest absolute Gasteiger partial charge is 0.269 e. The van der Waals surface area contributed by atoms with Crippen LogP contribution in [-0.4, -0.2) is 30.1 Å². The Morgan fingerprint density at radius 3 is 2.81 bits per heavy atom. The first-order chi connectivity index (χ1) is 12.9. The minimum Gasteiger partial charge on any atom is -0.370 e. The Balaban J connectivity index is 1.68. The van der Waals surface area contributed by atoms with Gasteiger partial charge in [0.25, 0.3) is 5.69 Å². The standard InChI is InChI=1S/C18H15N5O3S/c1-18(2)7-12-13(8-26-18)27-17-14(12)16-20-15(21-22(16)9-19-17)10-3-5-11(6-4-10)23(24)25/h3-6,9H,7-8H2,1-2H3. The van der Waals surface area contributed by atoms with Crippen LogP contribution in [0.25, 0.3) is 27.3 Å². The molecule has 9 heteroatoms. The van der Waals surface area contributed by atoms with E-state index in [2.05, 4.69) is 23.9 Å². The molecule has 3 aromatic heterocycles. The lowest BCUT2D eigenvalue weighted by Crippen LogP contribution is -2.31. The molecule has 0 saturated carbocycles. The van der Waals surface area contributed by atoms with Crippen LogP contribution in [-0.2, 0) is 17.8 Å². The SMILES string of the molecule is CC1(C)Cc2c(sc3ncn4nc(-c5ccc([N+](=O)[O-])cc5)nc4c23)CO1. The number of nitro benzene ring substituents is 1. The zero-order valence-electron chi connectivity index (χ0n) is 14.7. The van der Waals surface area contributed by atoms with Crippen LogP contribution in [0.2, 0.25) is 0 Å². The second-order valence-corrected chi connectivity index (χ2v) is 8.24. The van der Waals surface area contributed by atoms with E-state index in [0.29, 0.717) is 12.4 Å². The molecule has 4 heterocycles. The van der Waals surface area contributed by atoms with Crippen molar-refractivity contribution in [3.05, 3.63) is 51.1 Å². The maximum absolute atomic E-state index is 10.8. The number of hydrogen-bond donors (Lipinski definition) is 0. The predicted octanol–water partition coefficient (Wildman–Crippen LogP) is 3.77. The molecule has 0 spiro atoms. The van der Waals surface area contributed by atoms with Crippen LogP contribution in [0.3, 0.4) is 0 Å². The van der Waals surface area contributed by atoms with Crippen LogP contribution in [0, 0.1) is 10.1 Å². The molecule has 0 N–H and O–H groups in total. The highest BCUT2D eigenvalue weighted by Crippen LogP contribution is 2.39. The second-order valence-electron chi connectivity index (χ2n) is 7.16. The average molecular weight is 381 g/mol. The van der Waals surface area contributed by atoms with Gasteiger partial charge in [0, 0.05) is 29.0 Å². The summed E-state index contributed by atoms with van der Waals surface area (Å²) in [5, 5.41) is 16.4. The fraction of sp³-hybridized carbons (Fsp3) is 0.278. The highest BCUT2D eigenvalue weighted by atomic mass is 32.1. The van der Waals surface area contributed by atoms with Gasteiger partial charge in [-0.25, -0.2) is 14.5 Å². The van der Waals surface area contributed by atoms with Gasteiger partial charge in [-0.2, -0.15) is 0 Å². The minimum absolute atomic E-state index is 0.0423. The van der Waals surface area contributed by atoms with Gasteiger partial charge in [0.2, 0.25) is 0 Å². The second kappa shape index (κ2) is 5.54. The lowest BCUT2D eigenvalue weighted by molar-refractivity contribution is -0.384. The number of rotatable bonds is 2. The van der Waals surface area contributed by atoms with Crippen molar-refractivity contribution in [1.82, 2.24) is 19.6 Å².